The molecule has 3 heteroatoms. The molecule has 2 N–H and O–H groups in total. The third-order valence-electron chi connectivity index (χ3n) is 5.24. The van der Waals surface area contributed by atoms with Crippen molar-refractivity contribution >= 4 is 11.7 Å². The number of unbranched alkanes of at least 4 members (excludes halogenated alkanes) is 14. The summed E-state index contributed by atoms with van der Waals surface area (Å²) < 4.78 is 0. The molecule has 0 amide bonds. The third kappa shape index (κ3) is 13.3. The van der Waals surface area contributed by atoms with E-state index in [0.29, 0.717) is 5.56 Å². The predicted molar refractivity (Wildman–Crippen MR) is 117 cm³/mol. The largest absolute Gasteiger partial charge is 0.478 e. The molecule has 0 aromatic heterocycles. The minimum atomic E-state index is -0.871. The van der Waals surface area contributed by atoms with E-state index in [1.807, 2.05) is 12.1 Å². The molecule has 0 aliphatic heterocycles. The van der Waals surface area contributed by atoms with Crippen LogP contribution in [-0.4, -0.2) is 17.6 Å². The van der Waals surface area contributed by atoms with Gasteiger partial charge >= 0.3 is 5.97 Å². The van der Waals surface area contributed by atoms with Crippen molar-refractivity contribution in [2.75, 3.05) is 11.9 Å². The summed E-state index contributed by atoms with van der Waals surface area (Å²) in [5, 5.41) is 12.2. The molecule has 0 spiro atoms. The molecule has 0 heterocycles. The second-order valence-corrected chi connectivity index (χ2v) is 7.76. The molecule has 1 aromatic carbocycles. The van der Waals surface area contributed by atoms with Crippen LogP contribution in [0, 0.1) is 0 Å². The Labute approximate surface area is 167 Å². The van der Waals surface area contributed by atoms with Gasteiger partial charge in [0.15, 0.2) is 0 Å². The zero-order chi connectivity index (χ0) is 19.6. The first-order valence-electron chi connectivity index (χ1n) is 11.3. The lowest BCUT2D eigenvalue weighted by atomic mass is 10.0. The van der Waals surface area contributed by atoms with E-state index < -0.39 is 5.97 Å². The topological polar surface area (TPSA) is 49.3 Å². The third-order valence-corrected chi connectivity index (χ3v) is 5.24. The standard InChI is InChI=1S/C24H41NO2/c1-2-3-4-5-6-7-8-9-10-11-12-13-14-15-16-21-25-23-19-17-22(18-20-23)24(26)27/h17-20,25H,2-16,21H2,1H3,(H,26,27). The van der Waals surface area contributed by atoms with E-state index in [4.69, 9.17) is 5.11 Å². The van der Waals surface area contributed by atoms with Crippen LogP contribution >= 0.6 is 0 Å². The van der Waals surface area contributed by atoms with Crippen LogP contribution in [0.25, 0.3) is 0 Å². The Morgan fingerprint density at radius 2 is 1.11 bits per heavy atom. The number of hydrogen-bond acceptors (Lipinski definition) is 2. The van der Waals surface area contributed by atoms with Crippen molar-refractivity contribution < 1.29 is 9.90 Å². The molecule has 0 atom stereocenters. The van der Waals surface area contributed by atoms with Crippen LogP contribution in [0.3, 0.4) is 0 Å². The van der Waals surface area contributed by atoms with Gasteiger partial charge in [0.25, 0.3) is 0 Å². The van der Waals surface area contributed by atoms with Crippen LogP contribution in [0.15, 0.2) is 24.3 Å². The van der Waals surface area contributed by atoms with Gasteiger partial charge < -0.3 is 10.4 Å². The molecule has 0 saturated carbocycles. The minimum Gasteiger partial charge on any atom is -0.478 e. The molecular weight excluding hydrogens is 334 g/mol. The number of aromatic carboxylic acids is 1. The zero-order valence-corrected chi connectivity index (χ0v) is 17.5. The van der Waals surface area contributed by atoms with Crippen LogP contribution < -0.4 is 5.32 Å². The van der Waals surface area contributed by atoms with E-state index in [1.54, 1.807) is 12.1 Å². The molecule has 0 radical (unpaired) electrons. The summed E-state index contributed by atoms with van der Waals surface area (Å²) in [5.41, 5.74) is 1.35. The number of carboxylic acid groups (broad SMARTS) is 1. The summed E-state index contributed by atoms with van der Waals surface area (Å²) in [6.07, 6.45) is 20.7. The summed E-state index contributed by atoms with van der Waals surface area (Å²) in [6, 6.07) is 6.98. The van der Waals surface area contributed by atoms with Gasteiger partial charge in [0.05, 0.1) is 5.56 Å². The summed E-state index contributed by atoms with van der Waals surface area (Å²) in [7, 11) is 0. The van der Waals surface area contributed by atoms with Gasteiger partial charge in [0.2, 0.25) is 0 Å². The average Bonchev–Trinajstić information content (AvgIpc) is 2.68. The van der Waals surface area contributed by atoms with Crippen molar-refractivity contribution in [1.82, 2.24) is 0 Å². The molecule has 0 aliphatic carbocycles. The summed E-state index contributed by atoms with van der Waals surface area (Å²) in [5.74, 6) is -0.871. The quantitative estimate of drug-likeness (QED) is 0.259. The van der Waals surface area contributed by atoms with Gasteiger partial charge in [-0.05, 0) is 30.7 Å². The number of anilines is 1. The van der Waals surface area contributed by atoms with Crippen molar-refractivity contribution in [3.05, 3.63) is 29.8 Å². The maximum Gasteiger partial charge on any atom is 0.335 e. The monoisotopic (exact) mass is 375 g/mol. The average molecular weight is 376 g/mol. The maximum atomic E-state index is 10.8. The van der Waals surface area contributed by atoms with Crippen LogP contribution in [0.5, 0.6) is 0 Å². The molecule has 1 rings (SSSR count). The van der Waals surface area contributed by atoms with Gasteiger partial charge in [0.1, 0.15) is 0 Å². The SMILES string of the molecule is CCCCCCCCCCCCCCCCCNc1ccc(C(=O)O)cc1. The summed E-state index contributed by atoms with van der Waals surface area (Å²) >= 11 is 0. The molecule has 0 bridgehead atoms. The molecule has 3 nitrogen and oxygen atoms in total. The fourth-order valence-corrected chi connectivity index (χ4v) is 3.46. The predicted octanol–water partition coefficient (Wildman–Crippen LogP) is 7.67. The Kier molecular flexibility index (Phi) is 14.5. The molecule has 1 aromatic rings. The highest BCUT2D eigenvalue weighted by Gasteiger charge is 2.01. The second kappa shape index (κ2) is 16.6. The van der Waals surface area contributed by atoms with Crippen molar-refractivity contribution in [2.24, 2.45) is 0 Å². The number of benzene rings is 1. The number of carbonyl (C=O) groups is 1. The van der Waals surface area contributed by atoms with E-state index in [0.717, 1.165) is 12.2 Å². The molecule has 0 fully saturated rings. The molecule has 154 valence electrons. The molecule has 0 aliphatic rings. The van der Waals surface area contributed by atoms with Crippen molar-refractivity contribution in [1.29, 1.82) is 0 Å². The Morgan fingerprint density at radius 3 is 1.52 bits per heavy atom. The highest BCUT2D eigenvalue weighted by molar-refractivity contribution is 5.87. The number of rotatable bonds is 18. The van der Waals surface area contributed by atoms with Gasteiger partial charge in [-0.1, -0.05) is 96.8 Å². The van der Waals surface area contributed by atoms with Gasteiger partial charge in [0, 0.05) is 12.2 Å². The van der Waals surface area contributed by atoms with Crippen molar-refractivity contribution in [2.45, 2.75) is 103 Å². The molecular formula is C24H41NO2. The molecule has 0 saturated heterocycles. The van der Waals surface area contributed by atoms with E-state index in [-0.39, 0.29) is 0 Å². The number of nitrogens with one attached hydrogen (secondary N) is 1. The normalized spacial score (nSPS) is 10.9. The van der Waals surface area contributed by atoms with E-state index >= 15 is 0 Å². The Bertz CT molecular complexity index is 470. The molecule has 27 heavy (non-hydrogen) atoms. The maximum absolute atomic E-state index is 10.8. The number of hydrogen-bond donors (Lipinski definition) is 2. The lowest BCUT2D eigenvalue weighted by molar-refractivity contribution is 0.0697. The Morgan fingerprint density at radius 1 is 0.704 bits per heavy atom. The first kappa shape index (κ1) is 23.5. The highest BCUT2D eigenvalue weighted by Crippen LogP contribution is 2.14. The summed E-state index contributed by atoms with van der Waals surface area (Å²) in [6.45, 7) is 3.24. The fraction of sp³-hybridized carbons (Fsp3) is 0.708. The molecule has 0 unspecified atom stereocenters. The summed E-state index contributed by atoms with van der Waals surface area (Å²) in [4.78, 5) is 10.8. The van der Waals surface area contributed by atoms with Crippen molar-refractivity contribution in [3.63, 3.8) is 0 Å². The first-order chi connectivity index (χ1) is 13.2. The van der Waals surface area contributed by atoms with E-state index in [1.165, 1.54) is 96.3 Å². The first-order valence-corrected chi connectivity index (χ1v) is 11.3. The fourth-order valence-electron chi connectivity index (χ4n) is 3.46. The van der Waals surface area contributed by atoms with Gasteiger partial charge in [-0.25, -0.2) is 4.79 Å². The van der Waals surface area contributed by atoms with Crippen molar-refractivity contribution in [3.8, 4) is 0 Å². The lowest BCUT2D eigenvalue weighted by Crippen LogP contribution is -2.02. The van der Waals surface area contributed by atoms with Crippen LogP contribution in [0.4, 0.5) is 5.69 Å². The van der Waals surface area contributed by atoms with E-state index in [9.17, 15) is 4.79 Å². The Hall–Kier alpha value is -1.51. The van der Waals surface area contributed by atoms with Gasteiger partial charge in [-0.3, -0.25) is 0 Å². The Balaban J connectivity index is 1.81. The van der Waals surface area contributed by atoms with Gasteiger partial charge in [-0.2, -0.15) is 0 Å². The smallest absolute Gasteiger partial charge is 0.335 e. The lowest BCUT2D eigenvalue weighted by Gasteiger charge is -2.07. The zero-order valence-electron chi connectivity index (χ0n) is 17.5. The van der Waals surface area contributed by atoms with Crippen LogP contribution in [0.1, 0.15) is 114 Å². The van der Waals surface area contributed by atoms with Gasteiger partial charge in [-0.15, -0.1) is 0 Å². The highest BCUT2D eigenvalue weighted by atomic mass is 16.4. The van der Waals surface area contributed by atoms with Crippen LogP contribution in [0.2, 0.25) is 0 Å². The van der Waals surface area contributed by atoms with Crippen LogP contribution in [-0.2, 0) is 0 Å². The van der Waals surface area contributed by atoms with E-state index in [2.05, 4.69) is 12.2 Å². The number of carboxylic acids is 1. The minimum absolute atomic E-state index is 0.340. The second-order valence-electron chi connectivity index (χ2n) is 7.76.